The third kappa shape index (κ3) is 5.48. The number of carbonyl (C=O) groups is 2. The molecule has 0 aliphatic carbocycles. The summed E-state index contributed by atoms with van der Waals surface area (Å²) in [5.74, 6) is -0.271. The van der Waals surface area contributed by atoms with Crippen LogP contribution in [-0.2, 0) is 4.79 Å². The summed E-state index contributed by atoms with van der Waals surface area (Å²) in [6.45, 7) is 0. The number of amides is 1. The van der Waals surface area contributed by atoms with Gasteiger partial charge in [0.2, 0.25) is 5.91 Å². The molecule has 0 radical (unpaired) electrons. The number of nitrogens with one attached hydrogen (secondary N) is 1. The van der Waals surface area contributed by atoms with Crippen LogP contribution in [0.2, 0.25) is 0 Å². The molecular formula is C31H24N2O2S. The molecule has 4 aromatic carbocycles. The van der Waals surface area contributed by atoms with Crippen LogP contribution < -0.4 is 5.32 Å². The summed E-state index contributed by atoms with van der Waals surface area (Å²) in [5.41, 5.74) is 5.76. The number of ketones is 1. The Morgan fingerprint density at radius 1 is 0.611 bits per heavy atom. The van der Waals surface area contributed by atoms with Crippen LogP contribution in [0.4, 0.5) is 5.13 Å². The number of Topliss-reactive ketones (excluding diaryl/α,β-unsaturated/α-hetero) is 1. The van der Waals surface area contributed by atoms with Gasteiger partial charge in [-0.25, -0.2) is 4.98 Å². The van der Waals surface area contributed by atoms with Gasteiger partial charge in [0, 0.05) is 24.0 Å². The predicted octanol–water partition coefficient (Wildman–Crippen LogP) is 7.75. The molecule has 176 valence electrons. The first kappa shape index (κ1) is 23.4. The molecule has 0 saturated carbocycles. The highest BCUT2D eigenvalue weighted by atomic mass is 32.1. The highest BCUT2D eigenvalue weighted by Crippen LogP contribution is 2.39. The molecule has 5 heteroatoms. The van der Waals surface area contributed by atoms with Crippen molar-refractivity contribution < 1.29 is 9.59 Å². The lowest BCUT2D eigenvalue weighted by atomic mass is 10.0. The molecule has 36 heavy (non-hydrogen) atoms. The molecule has 0 spiro atoms. The van der Waals surface area contributed by atoms with E-state index in [4.69, 9.17) is 4.98 Å². The van der Waals surface area contributed by atoms with Crippen molar-refractivity contribution in [2.75, 3.05) is 5.32 Å². The SMILES string of the molecule is O=C(CCC(=O)c1ccccc1)Nc1nc(-c2ccccc2)c(-c2ccc(-c3ccccc3)cc2)s1. The van der Waals surface area contributed by atoms with E-state index in [2.05, 4.69) is 41.7 Å². The van der Waals surface area contributed by atoms with Crippen molar-refractivity contribution in [1.29, 1.82) is 0 Å². The van der Waals surface area contributed by atoms with E-state index in [1.165, 1.54) is 11.3 Å². The Bertz CT molecular complexity index is 1460. The van der Waals surface area contributed by atoms with Crippen molar-refractivity contribution in [3.8, 4) is 32.8 Å². The van der Waals surface area contributed by atoms with Crippen molar-refractivity contribution in [2.45, 2.75) is 12.8 Å². The third-order valence-corrected chi connectivity index (χ3v) is 6.87. The number of rotatable bonds is 8. The van der Waals surface area contributed by atoms with Crippen LogP contribution in [0.3, 0.4) is 0 Å². The Balaban J connectivity index is 1.37. The molecule has 0 atom stereocenters. The van der Waals surface area contributed by atoms with E-state index in [0.29, 0.717) is 10.7 Å². The summed E-state index contributed by atoms with van der Waals surface area (Å²) < 4.78 is 0. The highest BCUT2D eigenvalue weighted by molar-refractivity contribution is 7.19. The number of nitrogens with zero attached hydrogens (tertiary/aromatic N) is 1. The van der Waals surface area contributed by atoms with Gasteiger partial charge in [0.25, 0.3) is 0 Å². The summed E-state index contributed by atoms with van der Waals surface area (Å²) in [5, 5.41) is 3.42. The third-order valence-electron chi connectivity index (χ3n) is 5.85. The Morgan fingerprint density at radius 2 is 1.14 bits per heavy atom. The van der Waals surface area contributed by atoms with Gasteiger partial charge < -0.3 is 5.32 Å². The first-order valence-corrected chi connectivity index (χ1v) is 12.6. The fourth-order valence-electron chi connectivity index (χ4n) is 3.98. The van der Waals surface area contributed by atoms with Crippen molar-refractivity contribution in [3.63, 3.8) is 0 Å². The lowest BCUT2D eigenvalue weighted by Crippen LogP contribution is -2.13. The number of aromatic nitrogens is 1. The van der Waals surface area contributed by atoms with Gasteiger partial charge in [-0.2, -0.15) is 0 Å². The van der Waals surface area contributed by atoms with Crippen molar-refractivity contribution in [3.05, 3.63) is 121 Å². The molecule has 1 heterocycles. The van der Waals surface area contributed by atoms with Crippen LogP contribution in [0.1, 0.15) is 23.2 Å². The summed E-state index contributed by atoms with van der Waals surface area (Å²) >= 11 is 1.44. The summed E-state index contributed by atoms with van der Waals surface area (Å²) in [4.78, 5) is 30.8. The maximum atomic E-state index is 12.6. The molecule has 0 bridgehead atoms. The maximum absolute atomic E-state index is 12.6. The summed E-state index contributed by atoms with van der Waals surface area (Å²) in [6.07, 6.45) is 0.260. The largest absolute Gasteiger partial charge is 0.302 e. The van der Waals surface area contributed by atoms with Crippen molar-refractivity contribution in [1.82, 2.24) is 4.98 Å². The molecule has 5 rings (SSSR count). The zero-order valence-corrected chi connectivity index (χ0v) is 20.4. The number of benzene rings is 4. The van der Waals surface area contributed by atoms with Crippen LogP contribution in [-0.4, -0.2) is 16.7 Å². The van der Waals surface area contributed by atoms with Crippen LogP contribution >= 0.6 is 11.3 Å². The zero-order chi connectivity index (χ0) is 24.7. The molecule has 4 nitrogen and oxygen atoms in total. The molecule has 1 amide bonds. The van der Waals surface area contributed by atoms with Gasteiger partial charge in [-0.15, -0.1) is 0 Å². The van der Waals surface area contributed by atoms with E-state index in [-0.39, 0.29) is 24.5 Å². The Hall–Kier alpha value is -4.35. The average molecular weight is 489 g/mol. The van der Waals surface area contributed by atoms with Crippen molar-refractivity contribution in [2.24, 2.45) is 0 Å². The molecular weight excluding hydrogens is 464 g/mol. The fourth-order valence-corrected chi connectivity index (χ4v) is 4.99. The first-order valence-electron chi connectivity index (χ1n) is 11.8. The highest BCUT2D eigenvalue weighted by Gasteiger charge is 2.17. The molecule has 0 fully saturated rings. The predicted molar refractivity (Wildman–Crippen MR) is 147 cm³/mol. The van der Waals surface area contributed by atoms with Crippen LogP contribution in [0.5, 0.6) is 0 Å². The van der Waals surface area contributed by atoms with Crippen LogP contribution in [0.15, 0.2) is 115 Å². The Morgan fingerprint density at radius 3 is 1.78 bits per heavy atom. The smallest absolute Gasteiger partial charge is 0.226 e. The minimum Gasteiger partial charge on any atom is -0.302 e. The summed E-state index contributed by atoms with van der Waals surface area (Å²) in [6, 6.07) is 37.6. The second-order valence-electron chi connectivity index (χ2n) is 8.34. The summed E-state index contributed by atoms with van der Waals surface area (Å²) in [7, 11) is 0. The molecule has 0 aliphatic heterocycles. The standard InChI is InChI=1S/C31H24N2O2S/c34-27(24-12-6-2-7-13-24)20-21-28(35)32-31-33-29(25-14-8-3-9-15-25)30(36-31)26-18-16-23(17-19-26)22-10-4-1-5-11-22/h1-19H,20-21H2,(H,32,33,35). The monoisotopic (exact) mass is 488 g/mol. The average Bonchev–Trinajstić information content (AvgIpc) is 3.37. The van der Waals surface area contributed by atoms with E-state index >= 15 is 0 Å². The van der Waals surface area contributed by atoms with Gasteiger partial charge >= 0.3 is 0 Å². The van der Waals surface area contributed by atoms with Gasteiger partial charge in [-0.1, -0.05) is 127 Å². The lowest BCUT2D eigenvalue weighted by molar-refractivity contribution is -0.116. The number of thiazole rings is 1. The molecule has 0 saturated heterocycles. The minimum atomic E-state index is -0.224. The molecule has 0 aliphatic rings. The van der Waals surface area contributed by atoms with Crippen LogP contribution in [0.25, 0.3) is 32.8 Å². The number of anilines is 1. The van der Waals surface area contributed by atoms with Crippen molar-refractivity contribution >= 4 is 28.2 Å². The minimum absolute atomic E-state index is 0.0472. The lowest BCUT2D eigenvalue weighted by Gasteiger charge is -2.05. The van der Waals surface area contributed by atoms with E-state index in [0.717, 1.165) is 32.8 Å². The number of hydrogen-bond acceptors (Lipinski definition) is 4. The van der Waals surface area contributed by atoms with E-state index in [9.17, 15) is 9.59 Å². The second-order valence-corrected chi connectivity index (χ2v) is 9.34. The Labute approximate surface area is 214 Å². The van der Waals surface area contributed by atoms with E-state index in [1.54, 1.807) is 12.1 Å². The quantitative estimate of drug-likeness (QED) is 0.227. The molecule has 0 unspecified atom stereocenters. The molecule has 1 aromatic heterocycles. The fraction of sp³-hybridized carbons (Fsp3) is 0.0645. The van der Waals surface area contributed by atoms with Gasteiger partial charge in [-0.05, 0) is 16.7 Å². The van der Waals surface area contributed by atoms with E-state index in [1.807, 2.05) is 66.7 Å². The van der Waals surface area contributed by atoms with Gasteiger partial charge in [0.1, 0.15) is 0 Å². The molecule has 5 aromatic rings. The van der Waals surface area contributed by atoms with Gasteiger partial charge in [0.15, 0.2) is 10.9 Å². The van der Waals surface area contributed by atoms with Gasteiger partial charge in [0.05, 0.1) is 10.6 Å². The number of hydrogen-bond donors (Lipinski definition) is 1. The van der Waals surface area contributed by atoms with Gasteiger partial charge in [-0.3, -0.25) is 9.59 Å². The number of carbonyl (C=O) groups excluding carboxylic acids is 2. The van der Waals surface area contributed by atoms with E-state index < -0.39 is 0 Å². The second kappa shape index (κ2) is 10.9. The molecule has 1 N–H and O–H groups in total. The zero-order valence-electron chi connectivity index (χ0n) is 19.6. The topological polar surface area (TPSA) is 59.1 Å². The first-order chi connectivity index (χ1) is 17.7. The van der Waals surface area contributed by atoms with Crippen LogP contribution in [0, 0.1) is 0 Å². The normalized spacial score (nSPS) is 10.7. The Kier molecular flexibility index (Phi) is 7.10. The maximum Gasteiger partial charge on any atom is 0.226 e.